The van der Waals surface area contributed by atoms with E-state index in [4.69, 9.17) is 21.1 Å². The first-order valence-corrected chi connectivity index (χ1v) is 11.6. The van der Waals surface area contributed by atoms with Gasteiger partial charge in [-0.15, -0.1) is 0 Å². The van der Waals surface area contributed by atoms with Crippen LogP contribution in [-0.2, 0) is 6.61 Å². The van der Waals surface area contributed by atoms with Crippen molar-refractivity contribution < 1.29 is 14.3 Å². The van der Waals surface area contributed by atoms with E-state index in [-0.39, 0.29) is 5.91 Å². The van der Waals surface area contributed by atoms with Gasteiger partial charge < -0.3 is 9.47 Å². The normalized spacial score (nSPS) is 10.8. The molecule has 0 saturated carbocycles. The molecule has 0 atom stereocenters. The summed E-state index contributed by atoms with van der Waals surface area (Å²) in [7, 11) is 0. The number of unbranched alkanes of at least 4 members (excludes halogenated alkanes) is 3. The molecule has 0 saturated heterocycles. The molecule has 3 aromatic carbocycles. The summed E-state index contributed by atoms with van der Waals surface area (Å²) < 4.78 is 11.5. The van der Waals surface area contributed by atoms with Crippen molar-refractivity contribution in [2.75, 3.05) is 6.61 Å². The molecule has 0 aliphatic heterocycles. The van der Waals surface area contributed by atoms with Crippen LogP contribution in [0.5, 0.6) is 11.5 Å². The van der Waals surface area contributed by atoms with Gasteiger partial charge in [-0.05, 0) is 78.2 Å². The van der Waals surface area contributed by atoms with E-state index in [0.717, 1.165) is 29.9 Å². The third-order valence-corrected chi connectivity index (χ3v) is 5.21. The number of hydrogen-bond donors (Lipinski definition) is 1. The lowest BCUT2D eigenvalue weighted by Crippen LogP contribution is -2.17. The fourth-order valence-electron chi connectivity index (χ4n) is 3.05. The van der Waals surface area contributed by atoms with Gasteiger partial charge >= 0.3 is 0 Å². The summed E-state index contributed by atoms with van der Waals surface area (Å²) >= 11 is 5.89. The van der Waals surface area contributed by atoms with Gasteiger partial charge in [0.05, 0.1) is 12.8 Å². The van der Waals surface area contributed by atoms with Crippen LogP contribution < -0.4 is 14.9 Å². The van der Waals surface area contributed by atoms with Gasteiger partial charge in [-0.2, -0.15) is 5.10 Å². The number of carbonyl (C=O) groups excluding carboxylic acids is 1. The van der Waals surface area contributed by atoms with Crippen molar-refractivity contribution in [2.45, 2.75) is 39.2 Å². The van der Waals surface area contributed by atoms with Gasteiger partial charge in [-0.25, -0.2) is 5.43 Å². The average molecular weight is 465 g/mol. The third kappa shape index (κ3) is 8.62. The lowest BCUT2D eigenvalue weighted by atomic mass is 10.2. The Balaban J connectivity index is 1.41. The van der Waals surface area contributed by atoms with Crippen LogP contribution in [0.25, 0.3) is 0 Å². The van der Waals surface area contributed by atoms with Gasteiger partial charge in [0, 0.05) is 10.6 Å². The van der Waals surface area contributed by atoms with Crippen molar-refractivity contribution in [1.29, 1.82) is 0 Å². The first-order valence-electron chi connectivity index (χ1n) is 11.2. The van der Waals surface area contributed by atoms with Crippen LogP contribution in [0.3, 0.4) is 0 Å². The van der Waals surface area contributed by atoms with Crippen molar-refractivity contribution in [3.63, 3.8) is 0 Å². The zero-order valence-electron chi connectivity index (χ0n) is 18.8. The van der Waals surface area contributed by atoms with Crippen molar-refractivity contribution in [2.24, 2.45) is 5.10 Å². The Morgan fingerprint density at radius 2 is 1.55 bits per heavy atom. The Morgan fingerprint density at radius 1 is 0.879 bits per heavy atom. The number of hydrogen-bond acceptors (Lipinski definition) is 4. The summed E-state index contributed by atoms with van der Waals surface area (Å²) in [5, 5.41) is 4.73. The molecule has 3 aromatic rings. The van der Waals surface area contributed by atoms with E-state index in [2.05, 4.69) is 17.5 Å². The topological polar surface area (TPSA) is 59.9 Å². The first-order chi connectivity index (χ1) is 16.1. The molecule has 6 heteroatoms. The number of rotatable bonds is 12. The van der Waals surface area contributed by atoms with E-state index >= 15 is 0 Å². The SMILES string of the molecule is CCCCCCOc1ccc(C=NNC(=O)c2ccc(OCc3ccc(Cl)cc3)cc2)cc1. The molecule has 1 amide bonds. The van der Waals surface area contributed by atoms with Crippen LogP contribution in [0.4, 0.5) is 0 Å². The average Bonchev–Trinajstić information content (AvgIpc) is 2.85. The zero-order chi connectivity index (χ0) is 23.3. The van der Waals surface area contributed by atoms with Crippen LogP contribution in [0, 0.1) is 0 Å². The maximum atomic E-state index is 12.3. The van der Waals surface area contributed by atoms with Gasteiger partial charge in [0.1, 0.15) is 18.1 Å². The van der Waals surface area contributed by atoms with Gasteiger partial charge in [0.15, 0.2) is 0 Å². The van der Waals surface area contributed by atoms with Crippen molar-refractivity contribution in [3.8, 4) is 11.5 Å². The number of hydrazone groups is 1. The number of ether oxygens (including phenoxy) is 2. The van der Waals surface area contributed by atoms with Crippen molar-refractivity contribution >= 4 is 23.7 Å². The number of amides is 1. The smallest absolute Gasteiger partial charge is 0.271 e. The number of nitrogens with one attached hydrogen (secondary N) is 1. The Morgan fingerprint density at radius 3 is 2.24 bits per heavy atom. The summed E-state index contributed by atoms with van der Waals surface area (Å²) in [6.45, 7) is 3.35. The van der Waals surface area contributed by atoms with Crippen LogP contribution in [-0.4, -0.2) is 18.7 Å². The van der Waals surface area contributed by atoms with Gasteiger partial charge in [-0.3, -0.25) is 4.79 Å². The predicted molar refractivity (Wildman–Crippen MR) is 133 cm³/mol. The quantitative estimate of drug-likeness (QED) is 0.185. The summed E-state index contributed by atoms with van der Waals surface area (Å²) in [5.41, 5.74) is 4.93. The molecule has 0 spiro atoms. The summed E-state index contributed by atoms with van der Waals surface area (Å²) in [4.78, 5) is 12.3. The zero-order valence-corrected chi connectivity index (χ0v) is 19.6. The second kappa shape index (κ2) is 13.3. The molecule has 0 radical (unpaired) electrons. The van der Waals surface area contributed by atoms with E-state index in [0.29, 0.717) is 22.9 Å². The summed E-state index contributed by atoms with van der Waals surface area (Å²) in [6, 6.07) is 22.0. The van der Waals surface area contributed by atoms with Gasteiger partial charge in [-0.1, -0.05) is 49.9 Å². The van der Waals surface area contributed by atoms with Crippen LogP contribution in [0.2, 0.25) is 5.02 Å². The predicted octanol–water partition coefficient (Wildman–Crippen LogP) is 6.64. The van der Waals surface area contributed by atoms with Crippen LogP contribution in [0.15, 0.2) is 77.9 Å². The van der Waals surface area contributed by atoms with Gasteiger partial charge in [0.2, 0.25) is 0 Å². The standard InChI is InChI=1S/C27H29ClN2O3/c1-2-3-4-5-18-32-25-14-8-21(9-15-25)19-29-30-27(31)23-10-16-26(17-11-23)33-20-22-6-12-24(28)13-7-22/h6-17,19H,2-5,18,20H2,1H3,(H,30,31). The fourth-order valence-corrected chi connectivity index (χ4v) is 3.17. The second-order valence-corrected chi connectivity index (χ2v) is 8.05. The molecule has 33 heavy (non-hydrogen) atoms. The Labute approximate surface area is 200 Å². The molecule has 172 valence electrons. The minimum Gasteiger partial charge on any atom is -0.494 e. The first kappa shape index (κ1) is 24.3. The molecule has 0 unspecified atom stereocenters. The van der Waals surface area contributed by atoms with E-state index in [1.807, 2.05) is 48.5 Å². The number of nitrogens with zero attached hydrogens (tertiary/aromatic N) is 1. The van der Waals surface area contributed by atoms with Crippen molar-refractivity contribution in [1.82, 2.24) is 5.43 Å². The number of halogens is 1. The highest BCUT2D eigenvalue weighted by molar-refractivity contribution is 6.30. The molecule has 0 aliphatic rings. The van der Waals surface area contributed by atoms with Crippen LogP contribution in [0.1, 0.15) is 54.1 Å². The summed E-state index contributed by atoms with van der Waals surface area (Å²) in [6.07, 6.45) is 6.33. The van der Waals surface area contributed by atoms with E-state index in [1.165, 1.54) is 19.3 Å². The molecular weight excluding hydrogens is 436 g/mol. The fraction of sp³-hybridized carbons (Fsp3) is 0.259. The number of carbonyl (C=O) groups is 1. The second-order valence-electron chi connectivity index (χ2n) is 7.62. The lowest BCUT2D eigenvalue weighted by molar-refractivity contribution is 0.0955. The van der Waals surface area contributed by atoms with E-state index in [1.54, 1.807) is 30.5 Å². The maximum Gasteiger partial charge on any atom is 0.271 e. The molecule has 3 rings (SSSR count). The lowest BCUT2D eigenvalue weighted by Gasteiger charge is -2.07. The summed E-state index contributed by atoms with van der Waals surface area (Å²) in [5.74, 6) is 1.23. The minimum atomic E-state index is -0.289. The Bertz CT molecular complexity index is 1020. The molecular formula is C27H29ClN2O3. The molecule has 0 bridgehead atoms. The number of benzene rings is 3. The molecule has 1 N–H and O–H groups in total. The minimum absolute atomic E-state index is 0.289. The Hall–Kier alpha value is -3.31. The van der Waals surface area contributed by atoms with Crippen LogP contribution >= 0.6 is 11.6 Å². The largest absolute Gasteiger partial charge is 0.494 e. The monoisotopic (exact) mass is 464 g/mol. The molecule has 5 nitrogen and oxygen atoms in total. The van der Waals surface area contributed by atoms with E-state index in [9.17, 15) is 4.79 Å². The molecule has 0 aliphatic carbocycles. The van der Waals surface area contributed by atoms with Gasteiger partial charge in [0.25, 0.3) is 5.91 Å². The molecule has 0 fully saturated rings. The molecule has 0 heterocycles. The molecule has 0 aromatic heterocycles. The third-order valence-electron chi connectivity index (χ3n) is 4.96. The Kier molecular flexibility index (Phi) is 9.80. The van der Waals surface area contributed by atoms with Crippen molar-refractivity contribution in [3.05, 3.63) is 94.5 Å². The van der Waals surface area contributed by atoms with E-state index < -0.39 is 0 Å². The maximum absolute atomic E-state index is 12.3. The highest BCUT2D eigenvalue weighted by Crippen LogP contribution is 2.16. The highest BCUT2D eigenvalue weighted by Gasteiger charge is 2.05. The highest BCUT2D eigenvalue weighted by atomic mass is 35.5.